The predicted molar refractivity (Wildman–Crippen MR) is 76.8 cm³/mol. The van der Waals surface area contributed by atoms with Crippen molar-refractivity contribution in [1.82, 2.24) is 4.98 Å². The van der Waals surface area contributed by atoms with Gasteiger partial charge < -0.3 is 5.11 Å². The van der Waals surface area contributed by atoms with E-state index in [-0.39, 0.29) is 10.5 Å². The Hall–Kier alpha value is -1.99. The number of anilines is 1. The molecule has 0 aliphatic carbocycles. The summed E-state index contributed by atoms with van der Waals surface area (Å²) in [5.41, 5.74) is 1.72. The fraction of sp³-hybridized carbons (Fsp3) is 0.214. The second-order valence-corrected chi connectivity index (χ2v) is 6.25. The Labute approximate surface area is 122 Å². The van der Waals surface area contributed by atoms with Gasteiger partial charge in [-0.05, 0) is 43.7 Å². The SMILES string of the molecule is Cc1ccc(NS(=O)(=O)c2cc(F)ccc2CO)c(C)n1. The molecule has 0 saturated heterocycles. The molecular formula is C14H15FN2O3S. The summed E-state index contributed by atoms with van der Waals surface area (Å²) in [5.74, 6) is -0.689. The molecule has 5 nitrogen and oxygen atoms in total. The first kappa shape index (κ1) is 15.4. The number of rotatable bonds is 4. The summed E-state index contributed by atoms with van der Waals surface area (Å²) in [6, 6.07) is 6.48. The van der Waals surface area contributed by atoms with Gasteiger partial charge in [0.15, 0.2) is 0 Å². The molecule has 0 bridgehead atoms. The highest BCUT2D eigenvalue weighted by Gasteiger charge is 2.20. The smallest absolute Gasteiger partial charge is 0.262 e. The minimum absolute atomic E-state index is 0.127. The van der Waals surface area contributed by atoms with Gasteiger partial charge in [-0.2, -0.15) is 0 Å². The summed E-state index contributed by atoms with van der Waals surface area (Å²) in [6.45, 7) is 2.97. The van der Waals surface area contributed by atoms with Gasteiger partial charge in [0.05, 0.1) is 22.9 Å². The van der Waals surface area contributed by atoms with Crippen LogP contribution in [0.5, 0.6) is 0 Å². The molecule has 2 aromatic rings. The molecule has 1 heterocycles. The summed E-state index contributed by atoms with van der Waals surface area (Å²) < 4.78 is 40.4. The van der Waals surface area contributed by atoms with Crippen LogP contribution in [-0.4, -0.2) is 18.5 Å². The molecule has 0 saturated carbocycles. The Morgan fingerprint density at radius 2 is 1.95 bits per heavy atom. The first-order valence-electron chi connectivity index (χ1n) is 6.20. The second-order valence-electron chi connectivity index (χ2n) is 4.60. The molecule has 0 radical (unpaired) electrons. The highest BCUT2D eigenvalue weighted by molar-refractivity contribution is 7.92. The maximum Gasteiger partial charge on any atom is 0.262 e. The summed E-state index contributed by atoms with van der Waals surface area (Å²) in [5, 5.41) is 9.20. The van der Waals surface area contributed by atoms with Crippen LogP contribution in [0.3, 0.4) is 0 Å². The third-order valence-electron chi connectivity index (χ3n) is 2.96. The van der Waals surface area contributed by atoms with Crippen LogP contribution in [0.25, 0.3) is 0 Å². The zero-order valence-electron chi connectivity index (χ0n) is 11.6. The molecule has 21 heavy (non-hydrogen) atoms. The maximum atomic E-state index is 13.3. The zero-order valence-corrected chi connectivity index (χ0v) is 12.4. The fourth-order valence-corrected chi connectivity index (χ4v) is 3.26. The number of pyridine rings is 1. The lowest BCUT2D eigenvalue weighted by atomic mass is 10.2. The third-order valence-corrected chi connectivity index (χ3v) is 4.41. The van der Waals surface area contributed by atoms with Crippen molar-refractivity contribution >= 4 is 15.7 Å². The number of hydrogen-bond acceptors (Lipinski definition) is 4. The number of aryl methyl sites for hydroxylation is 2. The van der Waals surface area contributed by atoms with Gasteiger partial charge in [-0.3, -0.25) is 9.71 Å². The van der Waals surface area contributed by atoms with Crippen molar-refractivity contribution in [1.29, 1.82) is 0 Å². The number of aliphatic hydroxyl groups excluding tert-OH is 1. The number of halogens is 1. The van der Waals surface area contributed by atoms with E-state index >= 15 is 0 Å². The molecule has 7 heteroatoms. The fourth-order valence-electron chi connectivity index (χ4n) is 1.90. The zero-order chi connectivity index (χ0) is 15.6. The lowest BCUT2D eigenvalue weighted by Gasteiger charge is -2.13. The van der Waals surface area contributed by atoms with E-state index in [9.17, 15) is 17.9 Å². The minimum atomic E-state index is -4.00. The van der Waals surface area contributed by atoms with Crippen LogP contribution in [0.2, 0.25) is 0 Å². The van der Waals surface area contributed by atoms with Gasteiger partial charge in [0.25, 0.3) is 10.0 Å². The van der Waals surface area contributed by atoms with Crippen LogP contribution in [0.15, 0.2) is 35.2 Å². The standard InChI is InChI=1S/C14H15FN2O3S/c1-9-3-6-13(10(2)16-9)17-21(19,20)14-7-12(15)5-4-11(14)8-18/h3-7,17-18H,8H2,1-2H3. The maximum absolute atomic E-state index is 13.3. The molecule has 2 rings (SSSR count). The van der Waals surface area contributed by atoms with E-state index in [1.54, 1.807) is 26.0 Å². The van der Waals surface area contributed by atoms with Gasteiger partial charge in [0, 0.05) is 5.69 Å². The number of benzene rings is 1. The molecule has 1 aromatic carbocycles. The molecule has 1 aromatic heterocycles. The Kier molecular flexibility index (Phi) is 4.24. The van der Waals surface area contributed by atoms with Crippen molar-refractivity contribution in [3.63, 3.8) is 0 Å². The van der Waals surface area contributed by atoms with Gasteiger partial charge in [0.2, 0.25) is 0 Å². The number of nitrogens with one attached hydrogen (secondary N) is 1. The molecule has 0 aliphatic rings. The quantitative estimate of drug-likeness (QED) is 0.906. The Morgan fingerprint density at radius 3 is 2.57 bits per heavy atom. The van der Waals surface area contributed by atoms with Crippen molar-refractivity contribution in [2.75, 3.05) is 4.72 Å². The van der Waals surface area contributed by atoms with Crippen LogP contribution in [-0.2, 0) is 16.6 Å². The summed E-state index contributed by atoms with van der Waals surface area (Å²) in [6.07, 6.45) is 0. The van der Waals surface area contributed by atoms with Gasteiger partial charge in [-0.1, -0.05) is 6.07 Å². The molecule has 0 spiro atoms. The second kappa shape index (κ2) is 5.79. The van der Waals surface area contributed by atoms with E-state index in [4.69, 9.17) is 0 Å². The van der Waals surface area contributed by atoms with E-state index in [0.29, 0.717) is 11.4 Å². The van der Waals surface area contributed by atoms with E-state index in [1.807, 2.05) is 0 Å². The van der Waals surface area contributed by atoms with Crippen molar-refractivity contribution in [3.8, 4) is 0 Å². The van der Waals surface area contributed by atoms with Crippen LogP contribution in [0.4, 0.5) is 10.1 Å². The van der Waals surface area contributed by atoms with Crippen molar-refractivity contribution in [2.24, 2.45) is 0 Å². The molecule has 0 amide bonds. The Morgan fingerprint density at radius 1 is 1.24 bits per heavy atom. The largest absolute Gasteiger partial charge is 0.392 e. The summed E-state index contributed by atoms with van der Waals surface area (Å²) in [7, 11) is -4.00. The van der Waals surface area contributed by atoms with Crippen LogP contribution < -0.4 is 4.72 Å². The Balaban J connectivity index is 2.45. The van der Waals surface area contributed by atoms with Crippen LogP contribution >= 0.6 is 0 Å². The number of hydrogen-bond donors (Lipinski definition) is 2. The average molecular weight is 310 g/mol. The normalized spacial score (nSPS) is 11.4. The minimum Gasteiger partial charge on any atom is -0.392 e. The topological polar surface area (TPSA) is 79.3 Å². The van der Waals surface area contributed by atoms with Crippen molar-refractivity contribution in [2.45, 2.75) is 25.3 Å². The molecule has 0 aliphatic heterocycles. The molecule has 0 atom stereocenters. The number of aromatic nitrogens is 1. The number of aliphatic hydroxyl groups is 1. The van der Waals surface area contributed by atoms with E-state index in [1.165, 1.54) is 6.07 Å². The monoisotopic (exact) mass is 310 g/mol. The first-order valence-corrected chi connectivity index (χ1v) is 7.68. The highest BCUT2D eigenvalue weighted by atomic mass is 32.2. The highest BCUT2D eigenvalue weighted by Crippen LogP contribution is 2.22. The average Bonchev–Trinajstić information content (AvgIpc) is 2.42. The molecule has 0 unspecified atom stereocenters. The third kappa shape index (κ3) is 3.37. The first-order chi connectivity index (χ1) is 9.83. The van der Waals surface area contributed by atoms with E-state index in [0.717, 1.165) is 17.8 Å². The van der Waals surface area contributed by atoms with Crippen LogP contribution in [0, 0.1) is 19.7 Å². The lowest BCUT2D eigenvalue weighted by Crippen LogP contribution is -2.16. The van der Waals surface area contributed by atoms with Crippen molar-refractivity contribution in [3.05, 3.63) is 53.1 Å². The number of nitrogens with zero attached hydrogens (tertiary/aromatic N) is 1. The summed E-state index contributed by atoms with van der Waals surface area (Å²) >= 11 is 0. The van der Waals surface area contributed by atoms with E-state index in [2.05, 4.69) is 9.71 Å². The molecule has 112 valence electrons. The lowest BCUT2D eigenvalue weighted by molar-refractivity contribution is 0.278. The Bertz CT molecular complexity index is 776. The van der Waals surface area contributed by atoms with Gasteiger partial charge in [-0.25, -0.2) is 12.8 Å². The molecule has 2 N–H and O–H groups in total. The molecule has 0 fully saturated rings. The van der Waals surface area contributed by atoms with Gasteiger partial charge >= 0.3 is 0 Å². The summed E-state index contributed by atoms with van der Waals surface area (Å²) in [4.78, 5) is 3.87. The predicted octanol–water partition coefficient (Wildman–Crippen LogP) is 2.13. The van der Waals surface area contributed by atoms with Crippen LogP contribution in [0.1, 0.15) is 17.0 Å². The molecular weight excluding hydrogens is 295 g/mol. The van der Waals surface area contributed by atoms with Gasteiger partial charge in [0.1, 0.15) is 5.82 Å². The van der Waals surface area contributed by atoms with E-state index < -0.39 is 22.4 Å². The number of sulfonamides is 1. The van der Waals surface area contributed by atoms with Gasteiger partial charge in [-0.15, -0.1) is 0 Å². The van der Waals surface area contributed by atoms with Crippen molar-refractivity contribution < 1.29 is 17.9 Å².